The van der Waals surface area contributed by atoms with E-state index >= 15 is 0 Å². The maximum Gasteiger partial charge on any atom is 0.339 e. The van der Waals surface area contributed by atoms with Gasteiger partial charge in [0.15, 0.2) is 0 Å². The zero-order valence-corrected chi connectivity index (χ0v) is 19.9. The van der Waals surface area contributed by atoms with E-state index in [0.29, 0.717) is 51.6 Å². The third-order valence-corrected chi connectivity index (χ3v) is 7.31. The van der Waals surface area contributed by atoms with E-state index in [1.54, 1.807) is 35.2 Å². The predicted octanol–water partition coefficient (Wildman–Crippen LogP) is 4.14. The van der Waals surface area contributed by atoms with Gasteiger partial charge < -0.3 is 15.3 Å². The van der Waals surface area contributed by atoms with Gasteiger partial charge in [-0.3, -0.25) is 9.59 Å². The van der Waals surface area contributed by atoms with Crippen molar-refractivity contribution in [3.8, 4) is 0 Å². The molecule has 0 radical (unpaired) electrons. The van der Waals surface area contributed by atoms with Gasteiger partial charge in [0.1, 0.15) is 16.0 Å². The van der Waals surface area contributed by atoms with Crippen molar-refractivity contribution in [3.05, 3.63) is 74.6 Å². The lowest BCUT2D eigenvalue weighted by molar-refractivity contribution is -0.116. The second kappa shape index (κ2) is 9.47. The second-order valence-corrected chi connectivity index (χ2v) is 9.73. The molecule has 0 saturated heterocycles. The first kappa shape index (κ1) is 23.0. The van der Waals surface area contributed by atoms with E-state index in [1.807, 2.05) is 12.1 Å². The summed E-state index contributed by atoms with van der Waals surface area (Å²) in [5.74, 6) is -1.53. The molecule has 3 N–H and O–H groups in total. The molecule has 178 valence electrons. The van der Waals surface area contributed by atoms with Crippen molar-refractivity contribution < 1.29 is 19.5 Å². The summed E-state index contributed by atoms with van der Waals surface area (Å²) < 4.78 is 0. The molecule has 2 amide bonds. The number of carbonyl (C=O) groups excluding carboxylic acids is 2. The Morgan fingerprint density at radius 2 is 1.89 bits per heavy atom. The fourth-order valence-electron chi connectivity index (χ4n) is 4.15. The van der Waals surface area contributed by atoms with Crippen LogP contribution < -0.4 is 5.32 Å². The van der Waals surface area contributed by atoms with Crippen molar-refractivity contribution in [1.29, 1.82) is 0 Å². The van der Waals surface area contributed by atoms with Gasteiger partial charge in [0.2, 0.25) is 5.91 Å². The lowest BCUT2D eigenvalue weighted by Gasteiger charge is -2.27. The highest BCUT2D eigenvalue weighted by atomic mass is 35.5. The summed E-state index contributed by atoms with van der Waals surface area (Å²) in [6, 6.07) is 12.4. The van der Waals surface area contributed by atoms with E-state index in [0.717, 1.165) is 10.4 Å². The van der Waals surface area contributed by atoms with Crippen LogP contribution >= 0.6 is 22.9 Å². The number of hydrogen-bond donors (Lipinski definition) is 3. The molecule has 5 rings (SSSR count). The summed E-state index contributed by atoms with van der Waals surface area (Å²) in [5.41, 5.74) is 3.50. The first-order valence-corrected chi connectivity index (χ1v) is 12.1. The number of nitrogens with zero attached hydrogens (tertiary/aromatic N) is 3. The van der Waals surface area contributed by atoms with E-state index in [2.05, 4.69) is 20.7 Å². The molecular weight excluding hydrogens is 490 g/mol. The van der Waals surface area contributed by atoms with Gasteiger partial charge in [0.05, 0.1) is 12.1 Å². The van der Waals surface area contributed by atoms with Crippen LogP contribution in [-0.2, 0) is 24.2 Å². The smallest absolute Gasteiger partial charge is 0.339 e. The van der Waals surface area contributed by atoms with E-state index in [1.165, 1.54) is 11.3 Å². The molecule has 0 bridgehead atoms. The summed E-state index contributed by atoms with van der Waals surface area (Å²) >= 11 is 7.11. The van der Waals surface area contributed by atoms with Gasteiger partial charge >= 0.3 is 5.97 Å². The number of thiophene rings is 1. The van der Waals surface area contributed by atoms with Crippen LogP contribution in [0.3, 0.4) is 0 Å². The second-order valence-electron chi connectivity index (χ2n) is 8.19. The highest BCUT2D eigenvalue weighted by molar-refractivity contribution is 7.17. The molecule has 0 saturated carbocycles. The molecule has 4 aromatic rings. The molecule has 3 heterocycles. The van der Waals surface area contributed by atoms with Gasteiger partial charge in [0.25, 0.3) is 5.91 Å². The fourth-order valence-corrected chi connectivity index (χ4v) is 5.54. The number of hydrogen-bond acceptors (Lipinski definition) is 6. The minimum absolute atomic E-state index is 0.112. The van der Waals surface area contributed by atoms with Gasteiger partial charge in [-0.15, -0.1) is 11.3 Å². The Morgan fingerprint density at radius 3 is 2.66 bits per heavy atom. The molecule has 2 aromatic heterocycles. The van der Waals surface area contributed by atoms with Crippen molar-refractivity contribution in [1.82, 2.24) is 20.3 Å². The third kappa shape index (κ3) is 4.75. The molecule has 0 aliphatic carbocycles. The Bertz CT molecular complexity index is 1450. The number of carboxylic acid groups (broad SMARTS) is 1. The number of carbonyl (C=O) groups is 3. The van der Waals surface area contributed by atoms with Gasteiger partial charge in [-0.25, -0.2) is 4.79 Å². The third-order valence-electron chi connectivity index (χ3n) is 5.93. The largest absolute Gasteiger partial charge is 0.478 e. The molecule has 35 heavy (non-hydrogen) atoms. The highest BCUT2D eigenvalue weighted by Gasteiger charge is 2.30. The monoisotopic (exact) mass is 509 g/mol. The van der Waals surface area contributed by atoms with E-state index in [4.69, 9.17) is 11.6 Å². The molecule has 9 nitrogen and oxygen atoms in total. The van der Waals surface area contributed by atoms with Crippen molar-refractivity contribution in [3.63, 3.8) is 0 Å². The summed E-state index contributed by atoms with van der Waals surface area (Å²) in [7, 11) is 0. The van der Waals surface area contributed by atoms with Crippen LogP contribution in [0.5, 0.6) is 0 Å². The quantitative estimate of drug-likeness (QED) is 0.358. The zero-order valence-electron chi connectivity index (χ0n) is 18.4. The van der Waals surface area contributed by atoms with Crippen LogP contribution in [0.1, 0.15) is 43.1 Å². The van der Waals surface area contributed by atoms with Crippen molar-refractivity contribution >= 4 is 56.8 Å². The Morgan fingerprint density at radius 1 is 1.11 bits per heavy atom. The van der Waals surface area contributed by atoms with Gasteiger partial charge in [0, 0.05) is 28.4 Å². The number of fused-ring (bicyclic) bond motifs is 2. The fraction of sp³-hybridized carbons (Fsp3) is 0.208. The van der Waals surface area contributed by atoms with Crippen LogP contribution in [0.15, 0.2) is 42.5 Å². The number of benzene rings is 2. The van der Waals surface area contributed by atoms with Crippen LogP contribution in [-0.4, -0.2) is 49.7 Å². The topological polar surface area (TPSA) is 128 Å². The normalized spacial score (nSPS) is 13.0. The lowest BCUT2D eigenvalue weighted by atomic mass is 10.0. The summed E-state index contributed by atoms with van der Waals surface area (Å²) in [5, 5.41) is 24.1. The van der Waals surface area contributed by atoms with Gasteiger partial charge in [-0.1, -0.05) is 23.7 Å². The summed E-state index contributed by atoms with van der Waals surface area (Å²) in [6.07, 6.45) is 1.11. The number of aromatic carboxylic acids is 1. The minimum atomic E-state index is -1.09. The van der Waals surface area contributed by atoms with E-state index in [9.17, 15) is 19.5 Å². The summed E-state index contributed by atoms with van der Waals surface area (Å²) in [4.78, 5) is 40.1. The number of H-pyrrole nitrogens is 1. The maximum absolute atomic E-state index is 13.1. The Labute approximate surface area is 208 Å². The van der Waals surface area contributed by atoms with Crippen molar-refractivity contribution in [2.24, 2.45) is 0 Å². The average Bonchev–Trinajstić information content (AvgIpc) is 3.46. The number of anilines is 1. The van der Waals surface area contributed by atoms with Crippen molar-refractivity contribution in [2.45, 2.75) is 25.8 Å². The maximum atomic E-state index is 13.1. The number of rotatable bonds is 6. The molecule has 0 unspecified atom stereocenters. The van der Waals surface area contributed by atoms with Gasteiger partial charge in [-0.2, -0.15) is 15.4 Å². The first-order chi connectivity index (χ1) is 16.9. The molecule has 11 heteroatoms. The molecule has 0 fully saturated rings. The zero-order chi connectivity index (χ0) is 24.5. The number of nitrogens with one attached hydrogen (secondary N) is 2. The van der Waals surface area contributed by atoms with Crippen LogP contribution in [0.25, 0.3) is 11.0 Å². The van der Waals surface area contributed by atoms with Crippen molar-refractivity contribution in [2.75, 3.05) is 11.9 Å². The van der Waals surface area contributed by atoms with Gasteiger partial charge in [-0.05, 0) is 54.3 Å². The number of halogens is 1. The number of aromatic nitrogens is 3. The first-order valence-electron chi connectivity index (χ1n) is 10.9. The number of aryl methyl sites for hydroxylation is 1. The SMILES string of the molecule is O=C(CCc1ccc(Cl)cc1)Nc1sc2c(c1C(=O)O)CCN(C(=O)c1ccc3n[nH]nc3c1)C2. The molecule has 0 spiro atoms. The standard InChI is InChI=1S/C24H20ClN5O4S/c25-15-5-1-13(2-6-15)3-8-20(31)26-22-21(24(33)34)16-9-10-30(12-19(16)35-22)23(32)14-4-7-17-18(11-14)28-29-27-17/h1-2,4-7,11H,3,8-10,12H2,(H,26,31)(H,33,34)(H,27,28,29). The molecular formula is C24H20ClN5O4S. The van der Waals surface area contributed by atoms with Crippen LogP contribution in [0, 0.1) is 0 Å². The number of carboxylic acids is 1. The average molecular weight is 510 g/mol. The lowest BCUT2D eigenvalue weighted by Crippen LogP contribution is -2.35. The Kier molecular flexibility index (Phi) is 6.23. The molecule has 2 aromatic carbocycles. The van der Waals surface area contributed by atoms with E-state index < -0.39 is 5.97 Å². The summed E-state index contributed by atoms with van der Waals surface area (Å²) in [6.45, 7) is 0.653. The predicted molar refractivity (Wildman–Crippen MR) is 132 cm³/mol. The van der Waals surface area contributed by atoms with E-state index in [-0.39, 0.29) is 30.3 Å². The number of amides is 2. The van der Waals surface area contributed by atoms with Crippen LogP contribution in [0.4, 0.5) is 5.00 Å². The Hall–Kier alpha value is -3.76. The highest BCUT2D eigenvalue weighted by Crippen LogP contribution is 2.37. The van der Waals surface area contributed by atoms with Crippen LogP contribution in [0.2, 0.25) is 5.02 Å². The molecule has 1 aliphatic rings. The minimum Gasteiger partial charge on any atom is -0.478 e. The molecule has 0 atom stereocenters. The number of aromatic amines is 1. The molecule has 1 aliphatic heterocycles. The Balaban J connectivity index is 1.31.